The van der Waals surface area contributed by atoms with Crippen LogP contribution in [0.25, 0.3) is 11.2 Å². The summed E-state index contributed by atoms with van der Waals surface area (Å²) < 4.78 is 21.9. The van der Waals surface area contributed by atoms with Crippen molar-refractivity contribution in [1.82, 2.24) is 19.5 Å². The molecule has 3 heterocycles. The number of fused-ring (bicyclic) bond motifs is 1. The number of benzene rings is 1. The Bertz CT molecular complexity index is 1240. The van der Waals surface area contributed by atoms with E-state index >= 15 is 0 Å². The van der Waals surface area contributed by atoms with Crippen molar-refractivity contribution < 1.29 is 19.0 Å². The zero-order valence-corrected chi connectivity index (χ0v) is 20.1. The van der Waals surface area contributed by atoms with Gasteiger partial charge in [-0.15, -0.1) is 0 Å². The minimum atomic E-state index is -0.671. The Kier molecular flexibility index (Phi) is 6.67. The van der Waals surface area contributed by atoms with E-state index in [0.29, 0.717) is 55.4 Å². The fraction of sp³-hybridized carbons (Fsp3) is 0.455. The average molecular weight is 524 g/mol. The van der Waals surface area contributed by atoms with E-state index < -0.39 is 11.9 Å². The number of ether oxygens (including phenoxy) is 1. The summed E-state index contributed by atoms with van der Waals surface area (Å²) in [5.41, 5.74) is 6.56. The van der Waals surface area contributed by atoms with E-state index in [-0.39, 0.29) is 46.2 Å². The van der Waals surface area contributed by atoms with Crippen LogP contribution in [0.4, 0.5) is 22.0 Å². The number of nitrogens with two attached hydrogens (primary N) is 1. The highest BCUT2D eigenvalue weighted by atomic mass is 35.5. The van der Waals surface area contributed by atoms with Crippen LogP contribution in [0, 0.1) is 11.7 Å². The molecule has 3 aromatic rings. The molecule has 13 heteroatoms. The lowest BCUT2D eigenvalue weighted by atomic mass is 9.85. The summed E-state index contributed by atoms with van der Waals surface area (Å²) in [6.45, 7) is 0.572. The number of halogens is 3. The number of hydrogen-bond donors (Lipinski definition) is 4. The van der Waals surface area contributed by atoms with Crippen molar-refractivity contribution >= 4 is 57.9 Å². The van der Waals surface area contributed by atoms with Gasteiger partial charge >= 0.3 is 0 Å². The number of nitrogens with zero attached hydrogens (tertiary/aromatic N) is 4. The van der Waals surface area contributed by atoms with Crippen molar-refractivity contribution in [3.63, 3.8) is 0 Å². The largest absolute Gasteiger partial charge is 0.388 e. The number of anilines is 3. The second kappa shape index (κ2) is 9.73. The molecule has 2 fully saturated rings. The van der Waals surface area contributed by atoms with E-state index in [1.54, 1.807) is 6.20 Å². The van der Waals surface area contributed by atoms with Gasteiger partial charge in [0.15, 0.2) is 5.65 Å². The van der Waals surface area contributed by atoms with E-state index in [9.17, 15) is 14.3 Å². The lowest BCUT2D eigenvalue weighted by molar-refractivity contribution is -0.122. The second-order valence-corrected chi connectivity index (χ2v) is 9.68. The molecule has 2 aliphatic rings. The lowest BCUT2D eigenvalue weighted by Gasteiger charge is -2.29. The summed E-state index contributed by atoms with van der Waals surface area (Å²) in [7, 11) is 0. The standard InChI is InChI=1S/C22H24Cl2FN7O3/c23-11-5-13(24)18(14(25)6-11)30-22-29-15-7-27-21(28-16-8-35-9-17(16)33)31-20(15)32(22)12-3-1-10(2-4-12)19(26)34/h5-7,10,12,16-17,33H,1-4,8-9H2,(H2,26,34)(H,29,30)(H,27,28,31)/t10-,12+,16?,17?. The van der Waals surface area contributed by atoms with Crippen LogP contribution in [0.1, 0.15) is 31.7 Å². The fourth-order valence-electron chi connectivity index (χ4n) is 4.63. The van der Waals surface area contributed by atoms with Crippen LogP contribution in [0.3, 0.4) is 0 Å². The Morgan fingerprint density at radius 3 is 2.63 bits per heavy atom. The molecule has 0 radical (unpaired) electrons. The minimum Gasteiger partial charge on any atom is -0.388 e. The SMILES string of the molecule is NC(=O)[C@H]1CC[C@@H](n2c(Nc3c(F)cc(Cl)cc3Cl)nc3cnc(NC4COCC4O)nc32)CC1. The van der Waals surface area contributed by atoms with Crippen molar-refractivity contribution in [2.75, 3.05) is 23.8 Å². The average Bonchev–Trinajstić information content (AvgIpc) is 3.38. The first kappa shape index (κ1) is 24.0. The molecule has 1 aromatic carbocycles. The second-order valence-electron chi connectivity index (χ2n) is 8.84. The molecule has 0 bridgehead atoms. The molecule has 1 saturated heterocycles. The van der Waals surface area contributed by atoms with Crippen LogP contribution >= 0.6 is 23.2 Å². The quantitative estimate of drug-likeness (QED) is 0.385. The molecular formula is C22H24Cl2FN7O3. The number of aromatic nitrogens is 4. The third-order valence-electron chi connectivity index (χ3n) is 6.51. The van der Waals surface area contributed by atoms with Gasteiger partial charge in [-0.05, 0) is 37.8 Å². The van der Waals surface area contributed by atoms with Crippen LogP contribution < -0.4 is 16.4 Å². The van der Waals surface area contributed by atoms with Crippen molar-refractivity contribution in [3.8, 4) is 0 Å². The van der Waals surface area contributed by atoms with Crippen LogP contribution in [0.15, 0.2) is 18.3 Å². The summed E-state index contributed by atoms with van der Waals surface area (Å²) in [6.07, 6.45) is 3.45. The molecule has 0 spiro atoms. The van der Waals surface area contributed by atoms with Gasteiger partial charge in [0.2, 0.25) is 17.8 Å². The molecule has 1 aliphatic heterocycles. The number of rotatable bonds is 6. The van der Waals surface area contributed by atoms with Gasteiger partial charge in [0, 0.05) is 17.0 Å². The van der Waals surface area contributed by atoms with E-state index in [2.05, 4.69) is 25.6 Å². The Balaban J connectivity index is 1.54. The number of aliphatic hydroxyl groups excluding tert-OH is 1. The third kappa shape index (κ3) is 4.86. The summed E-state index contributed by atoms with van der Waals surface area (Å²) in [5.74, 6) is -0.473. The predicted molar refractivity (Wildman–Crippen MR) is 129 cm³/mol. The van der Waals surface area contributed by atoms with Gasteiger partial charge in [0.25, 0.3) is 0 Å². The van der Waals surface area contributed by atoms with Crippen LogP contribution in [0.5, 0.6) is 0 Å². The zero-order valence-electron chi connectivity index (χ0n) is 18.5. The van der Waals surface area contributed by atoms with E-state index in [1.165, 1.54) is 6.07 Å². The number of amides is 1. The number of nitrogens with one attached hydrogen (secondary N) is 2. The first-order valence-electron chi connectivity index (χ1n) is 11.3. The van der Waals surface area contributed by atoms with Crippen molar-refractivity contribution in [3.05, 3.63) is 34.2 Å². The maximum Gasteiger partial charge on any atom is 0.225 e. The number of imidazole rings is 1. The molecule has 186 valence electrons. The van der Waals surface area contributed by atoms with Gasteiger partial charge in [-0.1, -0.05) is 23.2 Å². The maximum atomic E-state index is 14.7. The first-order valence-corrected chi connectivity index (χ1v) is 12.0. The topological polar surface area (TPSA) is 140 Å². The summed E-state index contributed by atoms with van der Waals surface area (Å²) in [6, 6.07) is 2.19. The number of aliphatic hydroxyl groups is 1. The normalized spacial score (nSPS) is 24.6. The van der Waals surface area contributed by atoms with Gasteiger partial charge in [-0.2, -0.15) is 4.98 Å². The van der Waals surface area contributed by atoms with Gasteiger partial charge in [-0.3, -0.25) is 9.36 Å². The number of primary amides is 1. The van der Waals surface area contributed by atoms with E-state index in [1.807, 2.05) is 4.57 Å². The summed E-state index contributed by atoms with van der Waals surface area (Å²) >= 11 is 12.2. The molecule has 35 heavy (non-hydrogen) atoms. The fourth-order valence-corrected chi connectivity index (χ4v) is 5.15. The molecule has 5 N–H and O–H groups in total. The van der Waals surface area contributed by atoms with Crippen LogP contribution in [0.2, 0.25) is 10.0 Å². The maximum absolute atomic E-state index is 14.7. The molecule has 2 aromatic heterocycles. The van der Waals surface area contributed by atoms with Crippen LogP contribution in [-0.2, 0) is 9.53 Å². The summed E-state index contributed by atoms with van der Waals surface area (Å²) in [5, 5.41) is 16.5. The highest BCUT2D eigenvalue weighted by Crippen LogP contribution is 2.38. The first-order chi connectivity index (χ1) is 16.8. The minimum absolute atomic E-state index is 0.0379. The van der Waals surface area contributed by atoms with Crippen LogP contribution in [-0.4, -0.2) is 55.9 Å². The molecule has 1 saturated carbocycles. The third-order valence-corrected chi connectivity index (χ3v) is 7.02. The van der Waals surface area contributed by atoms with Gasteiger partial charge in [0.05, 0.1) is 42.3 Å². The van der Waals surface area contributed by atoms with Gasteiger partial charge in [0.1, 0.15) is 11.3 Å². The Hall–Kier alpha value is -2.73. The predicted octanol–water partition coefficient (Wildman–Crippen LogP) is 3.40. The van der Waals surface area contributed by atoms with Gasteiger partial charge in [-0.25, -0.2) is 14.4 Å². The van der Waals surface area contributed by atoms with Gasteiger partial charge < -0.3 is 26.2 Å². The Morgan fingerprint density at radius 2 is 1.97 bits per heavy atom. The Morgan fingerprint density at radius 1 is 1.20 bits per heavy atom. The monoisotopic (exact) mass is 523 g/mol. The molecule has 2 atom stereocenters. The van der Waals surface area contributed by atoms with Crippen molar-refractivity contribution in [1.29, 1.82) is 0 Å². The van der Waals surface area contributed by atoms with E-state index in [0.717, 1.165) is 6.07 Å². The molecule has 2 unspecified atom stereocenters. The number of carbonyl (C=O) groups is 1. The molecular weight excluding hydrogens is 500 g/mol. The lowest BCUT2D eigenvalue weighted by Crippen LogP contribution is -2.32. The molecule has 1 amide bonds. The van der Waals surface area contributed by atoms with Crippen molar-refractivity contribution in [2.45, 2.75) is 43.9 Å². The highest BCUT2D eigenvalue weighted by Gasteiger charge is 2.30. The van der Waals surface area contributed by atoms with E-state index in [4.69, 9.17) is 33.7 Å². The molecule has 5 rings (SSSR count). The molecule has 10 nitrogen and oxygen atoms in total. The number of carbonyl (C=O) groups excluding carboxylic acids is 1. The van der Waals surface area contributed by atoms with Crippen molar-refractivity contribution in [2.24, 2.45) is 11.7 Å². The zero-order chi connectivity index (χ0) is 24.7. The Labute approximate surface area is 210 Å². The summed E-state index contributed by atoms with van der Waals surface area (Å²) in [4.78, 5) is 25.3. The highest BCUT2D eigenvalue weighted by molar-refractivity contribution is 6.36. The molecule has 1 aliphatic carbocycles. The number of hydrogen-bond acceptors (Lipinski definition) is 8. The smallest absolute Gasteiger partial charge is 0.225 e.